The van der Waals surface area contributed by atoms with Crippen molar-refractivity contribution in [2.45, 2.75) is 50.3 Å². The molecule has 0 aliphatic heterocycles. The van der Waals surface area contributed by atoms with E-state index in [0.717, 1.165) is 12.1 Å². The number of methoxy groups -OCH3 is 2. The van der Waals surface area contributed by atoms with Crippen LogP contribution in [0.4, 0.5) is 73.0 Å². The standard InChI is InChI=1S/C51H54N12O19S4/c1-29-21-43(47(81-17-7-19-83(67,68)69)27-41(29)60-58-39-15-9-33(52-31(3)64)25-49(39)85(73,74)75)62-56-35-11-13-37(45(23-35)79-5)54-51(66)55-38-14-12-36(24-46(38)80-6)57-63-44-22-30(2)42(28-48(44)82-18-8-20-84(70,71)72)61-59-40-16-10-34(53-32(4)65)26-50(40)86(76,77)78/h9-16,21-28H,7-8,17-20H2,1-6H3,(H,52,64)(H,53,65)(H2,54,55,66)(H,67,68,69)(H,70,71,72)(H,73,74,75)(H,76,77,78). The number of ether oxygens (including phenoxy) is 4. The van der Waals surface area contributed by atoms with Gasteiger partial charge in [0.05, 0.1) is 73.1 Å². The molecule has 0 saturated carbocycles. The normalized spacial score (nSPS) is 12.2. The summed E-state index contributed by atoms with van der Waals surface area (Å²) in [5.41, 5.74) is 1.66. The second-order valence-electron chi connectivity index (χ2n) is 18.0. The molecule has 31 nitrogen and oxygen atoms in total. The fourth-order valence-electron chi connectivity index (χ4n) is 7.35. The lowest BCUT2D eigenvalue weighted by Crippen LogP contribution is -2.20. The zero-order valence-corrected chi connectivity index (χ0v) is 49.4. The van der Waals surface area contributed by atoms with Crippen LogP contribution in [-0.2, 0) is 50.1 Å². The van der Waals surface area contributed by atoms with Crippen molar-refractivity contribution in [1.29, 1.82) is 0 Å². The number of azo groups is 4. The molecule has 8 N–H and O–H groups in total. The highest BCUT2D eigenvalue weighted by atomic mass is 32.2. The molecule has 86 heavy (non-hydrogen) atoms. The minimum Gasteiger partial charge on any atom is -0.494 e. The summed E-state index contributed by atoms with van der Waals surface area (Å²) >= 11 is 0. The number of rotatable bonds is 26. The highest BCUT2D eigenvalue weighted by Gasteiger charge is 2.21. The topological polar surface area (TPSA) is 453 Å². The van der Waals surface area contributed by atoms with Gasteiger partial charge in [-0.2, -0.15) is 54.1 Å². The Morgan fingerprint density at radius 3 is 1.13 bits per heavy atom. The Morgan fingerprint density at radius 1 is 0.430 bits per heavy atom. The molecule has 0 saturated heterocycles. The van der Waals surface area contributed by atoms with E-state index in [1.54, 1.807) is 13.8 Å². The molecule has 0 aliphatic carbocycles. The first kappa shape index (κ1) is 65.9. The van der Waals surface area contributed by atoms with Crippen LogP contribution in [0.2, 0.25) is 0 Å². The molecule has 0 radical (unpaired) electrons. The number of nitrogens with one attached hydrogen (secondary N) is 4. The molecule has 0 aromatic heterocycles. The molecule has 0 fully saturated rings. The highest BCUT2D eigenvalue weighted by Crippen LogP contribution is 2.41. The molecule has 456 valence electrons. The van der Waals surface area contributed by atoms with Crippen molar-refractivity contribution >= 4 is 127 Å². The maximum Gasteiger partial charge on any atom is 0.323 e. The third kappa shape index (κ3) is 20.0. The second-order valence-corrected chi connectivity index (χ2v) is 23.9. The number of anilines is 4. The van der Waals surface area contributed by atoms with Gasteiger partial charge in [0.25, 0.3) is 40.5 Å². The van der Waals surface area contributed by atoms with Crippen molar-refractivity contribution in [3.05, 3.63) is 108 Å². The quantitative estimate of drug-likeness (QED) is 0.0142. The van der Waals surface area contributed by atoms with Crippen molar-refractivity contribution < 1.29 is 85.2 Å². The summed E-state index contributed by atoms with van der Waals surface area (Å²) in [5.74, 6) is -1.95. The molecular formula is C51H54N12O19S4. The molecule has 0 unspecified atom stereocenters. The van der Waals surface area contributed by atoms with Crippen LogP contribution in [-0.4, -0.2) is 109 Å². The minimum absolute atomic E-state index is 0.0107. The van der Waals surface area contributed by atoms with E-state index >= 15 is 0 Å². The lowest BCUT2D eigenvalue weighted by atomic mass is 10.1. The number of hydrogen-bond donors (Lipinski definition) is 8. The van der Waals surface area contributed by atoms with E-state index in [1.807, 2.05) is 0 Å². The van der Waals surface area contributed by atoms with Gasteiger partial charge in [-0.1, -0.05) is 0 Å². The summed E-state index contributed by atoms with van der Waals surface area (Å²) in [4.78, 5) is 35.2. The Balaban J connectivity index is 1.20. The van der Waals surface area contributed by atoms with Gasteiger partial charge in [0.1, 0.15) is 55.5 Å². The van der Waals surface area contributed by atoms with Gasteiger partial charge in [-0.25, -0.2) is 4.79 Å². The van der Waals surface area contributed by atoms with Gasteiger partial charge in [0, 0.05) is 49.5 Å². The van der Waals surface area contributed by atoms with Gasteiger partial charge in [0.2, 0.25) is 11.8 Å². The predicted molar refractivity (Wildman–Crippen MR) is 312 cm³/mol. The minimum atomic E-state index is -4.85. The summed E-state index contributed by atoms with van der Waals surface area (Å²) in [5, 5.41) is 43.6. The van der Waals surface area contributed by atoms with Gasteiger partial charge >= 0.3 is 6.03 Å². The average molecular weight is 1270 g/mol. The Hall–Kier alpha value is -9.23. The van der Waals surface area contributed by atoms with Crippen LogP contribution in [0.15, 0.2) is 148 Å². The van der Waals surface area contributed by atoms with Crippen LogP contribution in [0, 0.1) is 13.8 Å². The molecule has 6 rings (SSSR count). The molecule has 0 aliphatic rings. The summed E-state index contributed by atoms with van der Waals surface area (Å²) in [7, 11) is -15.7. The molecule has 4 amide bonds. The molecular weight excluding hydrogens is 1210 g/mol. The van der Waals surface area contributed by atoms with Gasteiger partial charge in [-0.15, -0.1) is 20.5 Å². The number of hydrogen-bond acceptors (Lipinski definition) is 23. The Morgan fingerprint density at radius 2 is 0.791 bits per heavy atom. The van der Waals surface area contributed by atoms with Crippen LogP contribution in [0.25, 0.3) is 0 Å². The average Bonchev–Trinajstić information content (AvgIpc) is 1.76. The maximum absolute atomic E-state index is 13.4. The van der Waals surface area contributed by atoms with Crippen LogP contribution in [0.3, 0.4) is 0 Å². The van der Waals surface area contributed by atoms with Crippen LogP contribution >= 0.6 is 0 Å². The van der Waals surface area contributed by atoms with Crippen molar-refractivity contribution in [1.82, 2.24) is 0 Å². The lowest BCUT2D eigenvalue weighted by molar-refractivity contribution is -0.115. The molecule has 0 heterocycles. The van der Waals surface area contributed by atoms with Gasteiger partial charge < -0.3 is 40.2 Å². The molecule has 0 bridgehead atoms. The largest absolute Gasteiger partial charge is 0.494 e. The highest BCUT2D eigenvalue weighted by molar-refractivity contribution is 7.86. The maximum atomic E-state index is 13.4. The van der Waals surface area contributed by atoms with E-state index in [4.69, 9.17) is 18.9 Å². The molecule has 0 spiro atoms. The van der Waals surface area contributed by atoms with Crippen molar-refractivity contribution in [2.75, 3.05) is 60.2 Å². The van der Waals surface area contributed by atoms with Crippen molar-refractivity contribution in [3.8, 4) is 23.0 Å². The molecule has 0 atom stereocenters. The lowest BCUT2D eigenvalue weighted by Gasteiger charge is -2.14. The summed E-state index contributed by atoms with van der Waals surface area (Å²) in [6.45, 7) is 5.17. The number of amides is 4. The second kappa shape index (κ2) is 28.6. The summed E-state index contributed by atoms with van der Waals surface area (Å²) in [6.07, 6.45) is -0.277. The van der Waals surface area contributed by atoms with Crippen molar-refractivity contribution in [3.63, 3.8) is 0 Å². The Bertz CT molecular complexity index is 3920. The van der Waals surface area contributed by atoms with Crippen LogP contribution in [0.1, 0.15) is 37.8 Å². The number of aryl methyl sites for hydroxylation is 2. The zero-order valence-electron chi connectivity index (χ0n) is 46.1. The first-order valence-electron chi connectivity index (χ1n) is 24.7. The SMILES string of the molecule is COc1cc(N=Nc2cc(C)c(N=Nc3ccc(NC(C)=O)cc3S(=O)(=O)O)cc2OCCCS(=O)(=O)O)ccc1NC(=O)Nc1ccc(N=Nc2cc(C)c(N=Nc3ccc(NC(C)=O)cc3S(=O)(=O)O)cc2OCCCS(=O)(=O)O)cc1OC. The molecule has 35 heteroatoms. The number of carbonyl (C=O) groups excluding carboxylic acids is 3. The fraction of sp³-hybridized carbons (Fsp3) is 0.235. The van der Waals surface area contributed by atoms with E-state index < -0.39 is 79.6 Å². The Kier molecular flexibility index (Phi) is 21.9. The molecule has 6 aromatic carbocycles. The van der Waals surface area contributed by atoms with E-state index in [9.17, 15) is 66.3 Å². The van der Waals surface area contributed by atoms with E-state index in [0.29, 0.717) is 11.1 Å². The number of benzene rings is 6. The van der Waals surface area contributed by atoms with Gasteiger partial charge in [-0.3, -0.25) is 27.8 Å². The van der Waals surface area contributed by atoms with Crippen LogP contribution in [0.5, 0.6) is 23.0 Å². The number of nitrogens with zero attached hydrogens (tertiary/aromatic N) is 8. The first-order chi connectivity index (χ1) is 40.4. The fourth-order valence-corrected chi connectivity index (χ4v) is 9.61. The van der Waals surface area contributed by atoms with E-state index in [1.165, 1.54) is 113 Å². The van der Waals surface area contributed by atoms with E-state index in [2.05, 4.69) is 62.2 Å². The number of carbonyl (C=O) groups is 3. The first-order valence-corrected chi connectivity index (χ1v) is 30.8. The number of urea groups is 1. The summed E-state index contributed by atoms with van der Waals surface area (Å²) < 4.78 is 155. The third-order valence-corrected chi connectivity index (χ3v) is 14.6. The zero-order chi connectivity index (χ0) is 63.1. The van der Waals surface area contributed by atoms with E-state index in [-0.39, 0.29) is 117 Å². The van der Waals surface area contributed by atoms with Gasteiger partial charge in [0.15, 0.2) is 0 Å². The smallest absolute Gasteiger partial charge is 0.323 e. The predicted octanol–water partition coefficient (Wildman–Crippen LogP) is 11.3. The third-order valence-electron chi connectivity index (χ3n) is 11.2. The summed E-state index contributed by atoms with van der Waals surface area (Å²) in [6, 6.07) is 20.9. The molecule has 6 aromatic rings. The van der Waals surface area contributed by atoms with Crippen LogP contribution < -0.4 is 40.2 Å². The van der Waals surface area contributed by atoms with Crippen molar-refractivity contribution in [2.24, 2.45) is 40.9 Å². The Labute approximate surface area is 492 Å². The van der Waals surface area contributed by atoms with Gasteiger partial charge in [-0.05, 0) is 111 Å². The monoisotopic (exact) mass is 1270 g/mol.